The highest BCUT2D eigenvalue weighted by Gasteiger charge is 2.43. The average Bonchev–Trinajstić information content (AvgIpc) is 2.67. The summed E-state index contributed by atoms with van der Waals surface area (Å²) in [6, 6.07) is 5.24. The molecule has 28 heavy (non-hydrogen) atoms. The molecule has 1 aliphatic heterocycles. The molecule has 11 nitrogen and oxygen atoms in total. The molecular formula is C17H24N2O9. The van der Waals surface area contributed by atoms with E-state index in [-0.39, 0.29) is 12.2 Å². The molecule has 1 aromatic rings. The number of esters is 1. The Labute approximate surface area is 160 Å². The molecule has 1 aromatic carbocycles. The molecule has 2 unspecified atom stereocenters. The van der Waals surface area contributed by atoms with Crippen molar-refractivity contribution in [3.05, 3.63) is 29.8 Å². The van der Waals surface area contributed by atoms with Crippen LogP contribution in [0.4, 0.5) is 0 Å². The van der Waals surface area contributed by atoms with Gasteiger partial charge in [-0.15, -0.1) is 0 Å². The number of carbonyl (C=O) groups is 2. The van der Waals surface area contributed by atoms with Crippen LogP contribution in [0.3, 0.4) is 0 Å². The predicted octanol–water partition coefficient (Wildman–Crippen LogP) is -3.28. The molecule has 8 N–H and O–H groups in total. The topological polar surface area (TPSA) is 192 Å². The van der Waals surface area contributed by atoms with Crippen molar-refractivity contribution >= 4 is 11.9 Å². The van der Waals surface area contributed by atoms with E-state index in [9.17, 15) is 35.1 Å². The maximum Gasteiger partial charge on any atom is 0.325 e. The first-order valence-electron chi connectivity index (χ1n) is 8.53. The summed E-state index contributed by atoms with van der Waals surface area (Å²) in [6.07, 6.45) is -7.70. The number of amides is 1. The van der Waals surface area contributed by atoms with Gasteiger partial charge < -0.3 is 46.1 Å². The fourth-order valence-electron chi connectivity index (χ4n) is 2.56. The molecule has 1 heterocycles. The minimum Gasteiger partial charge on any atom is -0.508 e. The van der Waals surface area contributed by atoms with E-state index in [0.29, 0.717) is 0 Å². The van der Waals surface area contributed by atoms with Gasteiger partial charge in [-0.2, -0.15) is 0 Å². The maximum atomic E-state index is 11.9. The number of phenolic OH excluding ortho intramolecular Hbond substituents is 1. The van der Waals surface area contributed by atoms with E-state index in [4.69, 9.17) is 15.2 Å². The monoisotopic (exact) mass is 400 g/mol. The molecule has 156 valence electrons. The number of hydrogen-bond acceptors (Lipinski definition) is 10. The Kier molecular flexibility index (Phi) is 7.69. The Morgan fingerprint density at radius 2 is 1.75 bits per heavy atom. The highest BCUT2D eigenvalue weighted by molar-refractivity contribution is 5.85. The van der Waals surface area contributed by atoms with Crippen LogP contribution in [0.25, 0.3) is 0 Å². The molecule has 0 saturated carbocycles. The van der Waals surface area contributed by atoms with Crippen molar-refractivity contribution in [2.45, 2.75) is 43.2 Å². The normalized spacial score (nSPS) is 28.4. The average molecular weight is 400 g/mol. The molecule has 1 saturated heterocycles. The summed E-state index contributed by atoms with van der Waals surface area (Å²) in [6.45, 7) is -0.991. The number of aliphatic hydroxyl groups is 4. The van der Waals surface area contributed by atoms with Crippen LogP contribution in [0.2, 0.25) is 0 Å². The quantitative estimate of drug-likeness (QED) is 0.228. The Bertz CT molecular complexity index is 669. The lowest BCUT2D eigenvalue weighted by Gasteiger charge is -2.37. The number of hydrogen-bond donors (Lipinski definition) is 7. The molecule has 0 aromatic heterocycles. The fraction of sp³-hybridized carbons (Fsp3) is 0.529. The minimum absolute atomic E-state index is 0.0890. The summed E-state index contributed by atoms with van der Waals surface area (Å²) in [7, 11) is 0. The van der Waals surface area contributed by atoms with Gasteiger partial charge >= 0.3 is 5.97 Å². The Hall–Kier alpha value is -2.28. The highest BCUT2D eigenvalue weighted by Crippen LogP contribution is 2.20. The van der Waals surface area contributed by atoms with Crippen molar-refractivity contribution < 1.29 is 44.6 Å². The van der Waals surface area contributed by atoms with E-state index >= 15 is 0 Å². The summed E-state index contributed by atoms with van der Waals surface area (Å²) in [5.74, 6) is -1.35. The number of nitrogens with one attached hydrogen (secondary N) is 1. The lowest BCUT2D eigenvalue weighted by atomic mass is 9.99. The highest BCUT2D eigenvalue weighted by atomic mass is 16.6. The lowest BCUT2D eigenvalue weighted by Crippen LogP contribution is -2.58. The second-order valence-electron chi connectivity index (χ2n) is 6.41. The Morgan fingerprint density at radius 1 is 1.11 bits per heavy atom. The zero-order valence-corrected chi connectivity index (χ0v) is 14.8. The molecular weight excluding hydrogens is 376 g/mol. The van der Waals surface area contributed by atoms with Crippen LogP contribution in [0.15, 0.2) is 24.3 Å². The largest absolute Gasteiger partial charge is 0.508 e. The summed E-state index contributed by atoms with van der Waals surface area (Å²) in [4.78, 5) is 23.7. The van der Waals surface area contributed by atoms with Crippen LogP contribution in [0, 0.1) is 0 Å². The van der Waals surface area contributed by atoms with Crippen molar-refractivity contribution in [3.8, 4) is 5.75 Å². The first-order valence-corrected chi connectivity index (χ1v) is 8.53. The van der Waals surface area contributed by atoms with E-state index in [1.165, 1.54) is 12.1 Å². The van der Waals surface area contributed by atoms with E-state index in [1.807, 2.05) is 0 Å². The zero-order valence-electron chi connectivity index (χ0n) is 14.8. The van der Waals surface area contributed by atoms with Crippen LogP contribution in [0.1, 0.15) is 5.56 Å². The molecule has 0 bridgehead atoms. The summed E-state index contributed by atoms with van der Waals surface area (Å²) in [5.41, 5.74) is 6.49. The van der Waals surface area contributed by atoms with Crippen LogP contribution < -0.4 is 11.1 Å². The number of benzene rings is 1. The van der Waals surface area contributed by atoms with Crippen molar-refractivity contribution in [3.63, 3.8) is 0 Å². The third-order valence-corrected chi connectivity index (χ3v) is 4.23. The van der Waals surface area contributed by atoms with E-state index in [0.717, 1.165) is 5.56 Å². The van der Waals surface area contributed by atoms with Crippen LogP contribution in [-0.4, -0.2) is 87.3 Å². The van der Waals surface area contributed by atoms with E-state index in [2.05, 4.69) is 5.32 Å². The van der Waals surface area contributed by atoms with Gasteiger partial charge in [0.2, 0.25) is 5.91 Å². The van der Waals surface area contributed by atoms with Gasteiger partial charge in [0, 0.05) is 0 Å². The third kappa shape index (κ3) is 5.86. The Morgan fingerprint density at radius 3 is 2.39 bits per heavy atom. The Balaban J connectivity index is 1.72. The van der Waals surface area contributed by atoms with Gasteiger partial charge in [-0.25, -0.2) is 0 Å². The fourth-order valence-corrected chi connectivity index (χ4v) is 2.56. The number of aliphatic hydroxyl groups excluding tert-OH is 4. The standard InChI is InChI=1S/C17H24N2O9/c18-10(5-8-1-3-9(20)4-2-8)16(25)19-6-12(21)27-7-11-13(22)14(23)15(24)17(26)28-11/h1-4,10-11,13-15,17,20,22-24,26H,5-7,18H2,(H,19,25)/t10?,11-,13-,14+,15-,17?/m1/s1. The lowest BCUT2D eigenvalue weighted by molar-refractivity contribution is -0.287. The molecule has 0 spiro atoms. The summed E-state index contributed by atoms with van der Waals surface area (Å²) >= 11 is 0. The second-order valence-corrected chi connectivity index (χ2v) is 6.41. The van der Waals surface area contributed by atoms with E-state index in [1.54, 1.807) is 12.1 Å². The van der Waals surface area contributed by atoms with Crippen molar-refractivity contribution in [2.24, 2.45) is 5.73 Å². The molecule has 2 rings (SSSR count). The minimum atomic E-state index is -1.74. The van der Waals surface area contributed by atoms with Crippen LogP contribution in [-0.2, 0) is 25.5 Å². The van der Waals surface area contributed by atoms with Gasteiger partial charge in [0.05, 0.1) is 6.04 Å². The van der Waals surface area contributed by atoms with Gasteiger partial charge in [0.1, 0.15) is 43.3 Å². The van der Waals surface area contributed by atoms with Gasteiger partial charge in [-0.05, 0) is 24.1 Å². The van der Waals surface area contributed by atoms with Gasteiger partial charge in [0.15, 0.2) is 6.29 Å². The third-order valence-electron chi connectivity index (χ3n) is 4.23. The SMILES string of the molecule is NC(Cc1ccc(O)cc1)C(=O)NCC(=O)OC[C@H]1OC(O)[C@H](O)[C@@H](O)[C@@H]1O. The van der Waals surface area contributed by atoms with Gasteiger partial charge in [-0.1, -0.05) is 12.1 Å². The van der Waals surface area contributed by atoms with Crippen molar-refractivity contribution in [1.29, 1.82) is 0 Å². The molecule has 6 atom stereocenters. The van der Waals surface area contributed by atoms with Crippen LogP contribution >= 0.6 is 0 Å². The van der Waals surface area contributed by atoms with Crippen LogP contribution in [0.5, 0.6) is 5.75 Å². The molecule has 11 heteroatoms. The number of ether oxygens (including phenoxy) is 2. The first-order chi connectivity index (χ1) is 13.2. The smallest absolute Gasteiger partial charge is 0.325 e. The number of phenols is 1. The van der Waals surface area contributed by atoms with E-state index < -0.39 is 61.8 Å². The van der Waals surface area contributed by atoms with Crippen molar-refractivity contribution in [2.75, 3.05) is 13.2 Å². The number of rotatable bonds is 7. The maximum absolute atomic E-state index is 11.9. The molecule has 1 fully saturated rings. The zero-order chi connectivity index (χ0) is 20.8. The second kappa shape index (κ2) is 9.78. The summed E-state index contributed by atoms with van der Waals surface area (Å²) in [5, 5.41) is 49.6. The van der Waals surface area contributed by atoms with Crippen molar-refractivity contribution in [1.82, 2.24) is 5.32 Å². The number of nitrogens with two attached hydrogens (primary N) is 1. The molecule has 1 aliphatic rings. The van der Waals surface area contributed by atoms with Gasteiger partial charge in [-0.3, -0.25) is 9.59 Å². The molecule has 0 aliphatic carbocycles. The summed E-state index contributed by atoms with van der Waals surface area (Å²) < 4.78 is 9.70. The number of aromatic hydroxyl groups is 1. The molecule has 1 amide bonds. The first kappa shape index (κ1) is 22.0. The predicted molar refractivity (Wildman–Crippen MR) is 92.7 cm³/mol. The molecule has 0 radical (unpaired) electrons. The van der Waals surface area contributed by atoms with Gasteiger partial charge in [0.25, 0.3) is 0 Å². The number of carbonyl (C=O) groups excluding carboxylic acids is 2.